The van der Waals surface area contributed by atoms with E-state index in [1.165, 1.54) is 0 Å². The molecule has 1 fully saturated rings. The number of epoxide rings is 1. The molecule has 226 valence electrons. The molecule has 0 aliphatic carbocycles. The van der Waals surface area contributed by atoms with Crippen LogP contribution in [0.25, 0.3) is 0 Å². The van der Waals surface area contributed by atoms with E-state index in [4.69, 9.17) is 9.47 Å². The molecular weight excluding hydrogens is 512 g/mol. The molecule has 0 amide bonds. The van der Waals surface area contributed by atoms with Crippen molar-refractivity contribution in [3.05, 3.63) is 47.6 Å². The molecule has 0 aromatic rings. The zero-order valence-corrected chi connectivity index (χ0v) is 24.8. The highest BCUT2D eigenvalue weighted by Gasteiger charge is 2.37. The minimum absolute atomic E-state index is 0.00393. The van der Waals surface area contributed by atoms with Crippen LogP contribution in [0, 0.1) is 17.8 Å². The number of carbonyl (C=O) groups is 2. The van der Waals surface area contributed by atoms with Crippen LogP contribution in [0.15, 0.2) is 47.6 Å². The van der Waals surface area contributed by atoms with Gasteiger partial charge in [0.15, 0.2) is 5.78 Å². The van der Waals surface area contributed by atoms with Crippen molar-refractivity contribution in [2.24, 2.45) is 17.8 Å². The van der Waals surface area contributed by atoms with E-state index >= 15 is 0 Å². The molecule has 1 saturated heterocycles. The number of esters is 1. The number of ether oxygens (including phenoxy) is 2. The van der Waals surface area contributed by atoms with E-state index in [2.05, 4.69) is 25.7 Å². The first-order valence-corrected chi connectivity index (χ1v) is 14.5. The number of ketones is 1. The second-order valence-electron chi connectivity index (χ2n) is 12.0. The van der Waals surface area contributed by atoms with Gasteiger partial charge in [-0.15, -0.1) is 0 Å². The molecule has 0 radical (unpaired) electrons. The summed E-state index contributed by atoms with van der Waals surface area (Å²) in [5, 5.41) is 41.7. The summed E-state index contributed by atoms with van der Waals surface area (Å²) in [5.41, 5.74) is 2.50. The van der Waals surface area contributed by atoms with Crippen molar-refractivity contribution in [3.8, 4) is 0 Å². The monoisotopic (exact) mass is 562 g/mol. The number of Topliss-reactive ketones (excluding diaryl/α,β-unsaturated/α-hetero) is 1. The van der Waals surface area contributed by atoms with Crippen molar-refractivity contribution < 1.29 is 39.5 Å². The highest BCUT2D eigenvalue weighted by Crippen LogP contribution is 2.32. The van der Waals surface area contributed by atoms with Gasteiger partial charge in [-0.25, -0.2) is 4.79 Å². The predicted octanol–water partition coefficient (Wildman–Crippen LogP) is 3.97. The Morgan fingerprint density at radius 1 is 0.925 bits per heavy atom. The first-order chi connectivity index (χ1) is 18.8. The smallest absolute Gasteiger partial charge is 0.333 e. The molecule has 2 aliphatic rings. The van der Waals surface area contributed by atoms with Crippen molar-refractivity contribution in [1.29, 1.82) is 0 Å². The number of rotatable bonds is 0. The molecule has 0 aromatic carbocycles. The van der Waals surface area contributed by atoms with Crippen molar-refractivity contribution >= 4 is 11.8 Å². The number of aliphatic hydroxyl groups excluding tert-OH is 4. The molecule has 0 aromatic heterocycles. The van der Waals surface area contributed by atoms with Crippen molar-refractivity contribution in [2.75, 3.05) is 6.61 Å². The Kier molecular flexibility index (Phi) is 14.0. The third-order valence-electron chi connectivity index (χ3n) is 7.86. The Labute approximate surface area is 239 Å². The molecule has 2 aliphatic heterocycles. The van der Waals surface area contributed by atoms with Crippen LogP contribution in [0.3, 0.4) is 0 Å². The van der Waals surface area contributed by atoms with E-state index in [9.17, 15) is 30.0 Å². The molecule has 2 rings (SSSR count). The van der Waals surface area contributed by atoms with Crippen LogP contribution in [0.4, 0.5) is 0 Å². The molecule has 0 bridgehead atoms. The number of carbonyl (C=O) groups excluding carboxylic acids is 2. The first kappa shape index (κ1) is 34.1. The average Bonchev–Trinajstić information content (AvgIpc) is 3.61. The van der Waals surface area contributed by atoms with Crippen molar-refractivity contribution in [1.82, 2.24) is 0 Å². The first-order valence-electron chi connectivity index (χ1n) is 14.5. The molecule has 0 unspecified atom stereocenters. The summed E-state index contributed by atoms with van der Waals surface area (Å²) in [6.07, 6.45) is 6.39. The fraction of sp³-hybridized carbons (Fsp3) is 0.688. The second-order valence-corrected chi connectivity index (χ2v) is 12.0. The van der Waals surface area contributed by atoms with Crippen LogP contribution in [-0.4, -0.2) is 75.4 Å². The zero-order valence-electron chi connectivity index (χ0n) is 24.8. The van der Waals surface area contributed by atoms with Crippen LogP contribution >= 0.6 is 0 Å². The van der Waals surface area contributed by atoms with Crippen LogP contribution < -0.4 is 0 Å². The Morgan fingerprint density at radius 2 is 1.62 bits per heavy atom. The lowest BCUT2D eigenvalue weighted by molar-refractivity contribution is -0.143. The van der Waals surface area contributed by atoms with E-state index in [0.29, 0.717) is 24.3 Å². The lowest BCUT2D eigenvalue weighted by Crippen LogP contribution is -2.41. The van der Waals surface area contributed by atoms with Gasteiger partial charge in [0.2, 0.25) is 0 Å². The summed E-state index contributed by atoms with van der Waals surface area (Å²) >= 11 is 0. The molecule has 40 heavy (non-hydrogen) atoms. The topological polar surface area (TPSA) is 137 Å². The SMILES string of the molecule is C=C1/C=C(\C)[C@@H](C)C[C@H](O)CC(=O)[C@H](O)[C@@H](O)[C@H](C)C[C@@H](O)COC(=O)/C(C)=C/CC/C=C/[C@H]2O[C@H]2C[C@H](C)C1. The summed E-state index contributed by atoms with van der Waals surface area (Å²) in [4.78, 5) is 24.8. The largest absolute Gasteiger partial charge is 0.460 e. The maximum absolute atomic E-state index is 12.6. The molecule has 2 heterocycles. The average molecular weight is 563 g/mol. The summed E-state index contributed by atoms with van der Waals surface area (Å²) in [6, 6.07) is 0. The number of hydrogen-bond acceptors (Lipinski definition) is 8. The third kappa shape index (κ3) is 11.8. The van der Waals surface area contributed by atoms with Crippen molar-refractivity contribution in [3.63, 3.8) is 0 Å². The van der Waals surface area contributed by atoms with E-state index in [0.717, 1.165) is 30.4 Å². The maximum Gasteiger partial charge on any atom is 0.333 e. The van der Waals surface area contributed by atoms with Gasteiger partial charge in [0.05, 0.1) is 24.4 Å². The fourth-order valence-corrected chi connectivity index (χ4v) is 5.13. The van der Waals surface area contributed by atoms with E-state index in [-0.39, 0.29) is 37.6 Å². The minimum atomic E-state index is -1.69. The number of fused-ring (bicyclic) bond motifs is 1. The molecular formula is C32H50O8. The van der Waals surface area contributed by atoms with Gasteiger partial charge in [-0.2, -0.15) is 0 Å². The molecule has 4 N–H and O–H groups in total. The lowest BCUT2D eigenvalue weighted by Gasteiger charge is -2.26. The molecule has 9 atom stereocenters. The van der Waals surface area contributed by atoms with Crippen LogP contribution in [0.1, 0.15) is 79.6 Å². The highest BCUT2D eigenvalue weighted by molar-refractivity contribution is 5.87. The van der Waals surface area contributed by atoms with Crippen molar-refractivity contribution in [2.45, 2.75) is 116 Å². The van der Waals surface area contributed by atoms with Gasteiger partial charge in [-0.3, -0.25) is 4.79 Å². The fourth-order valence-electron chi connectivity index (χ4n) is 5.13. The van der Waals surface area contributed by atoms with Gasteiger partial charge in [-0.1, -0.05) is 62.8 Å². The van der Waals surface area contributed by atoms with Gasteiger partial charge >= 0.3 is 5.97 Å². The van der Waals surface area contributed by atoms with Crippen LogP contribution in [-0.2, 0) is 19.1 Å². The molecule has 0 spiro atoms. The van der Waals surface area contributed by atoms with E-state index < -0.39 is 42.1 Å². The predicted molar refractivity (Wildman–Crippen MR) is 154 cm³/mol. The minimum Gasteiger partial charge on any atom is -0.460 e. The van der Waals surface area contributed by atoms with E-state index in [1.807, 2.05) is 19.9 Å². The van der Waals surface area contributed by atoms with E-state index in [1.54, 1.807) is 19.9 Å². The Morgan fingerprint density at radius 3 is 2.33 bits per heavy atom. The van der Waals surface area contributed by atoms with Crippen LogP contribution in [0.2, 0.25) is 0 Å². The molecule has 8 heteroatoms. The Hall–Kier alpha value is -2.10. The standard InChI is InChI=1S/C32H50O8/c1-19-12-20(2)14-29-28(40-29)11-9-7-8-10-21(3)32(38)39-18-26(34)16-24(6)30(36)31(37)27(35)17-25(33)15-23(5)22(4)13-19/h9-11,13,20,23-26,28-31,33-34,36-37H,1,7-8,12,14-18H2,2-6H3/b11-9+,21-10+,22-13+/t20-,23+,24-,25+,26-,28-,29+,30+,31+/m1/s1. The van der Waals surface area contributed by atoms with Gasteiger partial charge in [-0.05, 0) is 70.1 Å². The normalized spacial score (nSPS) is 40.4. The summed E-state index contributed by atoms with van der Waals surface area (Å²) in [5.74, 6) is -1.45. The Balaban J connectivity index is 2.08. The number of hydrogen-bond donors (Lipinski definition) is 4. The quantitative estimate of drug-likeness (QED) is 0.198. The maximum atomic E-state index is 12.6. The zero-order chi connectivity index (χ0) is 30.0. The number of allylic oxidation sites excluding steroid dienone is 5. The number of cyclic esters (lactones) is 1. The van der Waals surface area contributed by atoms with Gasteiger partial charge in [0.25, 0.3) is 0 Å². The van der Waals surface area contributed by atoms with Gasteiger partial charge in [0, 0.05) is 12.0 Å². The van der Waals surface area contributed by atoms with Gasteiger partial charge in [0.1, 0.15) is 18.8 Å². The third-order valence-corrected chi connectivity index (χ3v) is 7.86. The summed E-state index contributed by atoms with van der Waals surface area (Å²) in [6.45, 7) is 13.3. The lowest BCUT2D eigenvalue weighted by atomic mass is 9.88. The summed E-state index contributed by atoms with van der Waals surface area (Å²) < 4.78 is 11.0. The Bertz CT molecular complexity index is 951. The molecule has 0 saturated carbocycles. The number of aliphatic hydroxyl groups is 4. The van der Waals surface area contributed by atoms with Crippen LogP contribution in [0.5, 0.6) is 0 Å². The highest BCUT2D eigenvalue weighted by atomic mass is 16.6. The summed E-state index contributed by atoms with van der Waals surface area (Å²) in [7, 11) is 0. The molecule has 8 nitrogen and oxygen atoms in total. The second kappa shape index (κ2) is 16.4. The van der Waals surface area contributed by atoms with Gasteiger partial charge < -0.3 is 29.9 Å².